The molecule has 0 aromatic heterocycles. The standard InChI is InChI=1S/C25H17Cl4NO3/c1-13-24-16(11-30(12-32-24)10-15-3-5-18(27)9-21(15)29)6-19-23(31)22(33-25(13)19)7-14-2-4-17(26)8-20(14)28/h2-9H,10-12H2,1H3/b22-7-. The van der Waals surface area contributed by atoms with Gasteiger partial charge >= 0.3 is 0 Å². The van der Waals surface area contributed by atoms with Gasteiger partial charge in [-0.1, -0.05) is 58.5 Å². The topological polar surface area (TPSA) is 38.8 Å². The van der Waals surface area contributed by atoms with Gasteiger partial charge in [0.2, 0.25) is 5.78 Å². The molecule has 0 atom stereocenters. The molecule has 5 rings (SSSR count). The molecule has 0 radical (unpaired) electrons. The Labute approximate surface area is 211 Å². The largest absolute Gasteiger partial charge is 0.477 e. The molecule has 0 spiro atoms. The second kappa shape index (κ2) is 8.86. The van der Waals surface area contributed by atoms with Crippen molar-refractivity contribution in [1.82, 2.24) is 4.90 Å². The fourth-order valence-corrected chi connectivity index (χ4v) is 4.98. The number of halogens is 4. The number of Topliss-reactive ketones (excluding diaryl/α,β-unsaturated/α-hetero) is 1. The van der Waals surface area contributed by atoms with E-state index in [9.17, 15) is 4.79 Å². The highest BCUT2D eigenvalue weighted by atomic mass is 35.5. The van der Waals surface area contributed by atoms with Crippen LogP contribution in [-0.2, 0) is 13.1 Å². The minimum atomic E-state index is -0.195. The summed E-state index contributed by atoms with van der Waals surface area (Å²) in [6.45, 7) is 3.49. The first kappa shape index (κ1) is 22.6. The van der Waals surface area contributed by atoms with Gasteiger partial charge < -0.3 is 9.47 Å². The number of rotatable bonds is 3. The van der Waals surface area contributed by atoms with Gasteiger partial charge in [-0.2, -0.15) is 0 Å². The van der Waals surface area contributed by atoms with Gasteiger partial charge in [0.25, 0.3) is 0 Å². The predicted octanol–water partition coefficient (Wildman–Crippen LogP) is 7.58. The van der Waals surface area contributed by atoms with Crippen LogP contribution < -0.4 is 9.47 Å². The lowest BCUT2D eigenvalue weighted by Crippen LogP contribution is -2.32. The van der Waals surface area contributed by atoms with Crippen molar-refractivity contribution in [3.63, 3.8) is 0 Å². The van der Waals surface area contributed by atoms with Gasteiger partial charge in [-0.25, -0.2) is 0 Å². The summed E-state index contributed by atoms with van der Waals surface area (Å²) in [5, 5.41) is 2.17. The molecular formula is C25H17Cl4NO3. The average Bonchev–Trinajstić information content (AvgIpc) is 3.08. The van der Waals surface area contributed by atoms with Crippen molar-refractivity contribution in [3.8, 4) is 11.5 Å². The Morgan fingerprint density at radius 1 is 0.970 bits per heavy atom. The molecule has 4 nitrogen and oxygen atoms in total. The van der Waals surface area contributed by atoms with Crippen molar-refractivity contribution in [2.75, 3.05) is 6.73 Å². The van der Waals surface area contributed by atoms with Crippen LogP contribution in [0.5, 0.6) is 11.5 Å². The Morgan fingerprint density at radius 2 is 1.70 bits per heavy atom. The monoisotopic (exact) mass is 519 g/mol. The molecule has 2 aliphatic rings. The lowest BCUT2D eigenvalue weighted by Gasteiger charge is -2.30. The van der Waals surface area contributed by atoms with Crippen LogP contribution in [0.3, 0.4) is 0 Å². The SMILES string of the molecule is Cc1c2c(cc3c1O/C(=C\c1ccc(Cl)cc1Cl)C3=O)CN(Cc1ccc(Cl)cc1Cl)CO2. The molecule has 0 saturated carbocycles. The third-order valence-corrected chi connectivity index (χ3v) is 6.81. The van der Waals surface area contributed by atoms with Gasteiger partial charge in [-0.3, -0.25) is 9.69 Å². The number of ether oxygens (including phenoxy) is 2. The molecule has 168 valence electrons. The highest BCUT2D eigenvalue weighted by Crippen LogP contribution is 2.43. The molecule has 2 heterocycles. The van der Waals surface area contributed by atoms with E-state index in [1.54, 1.807) is 30.3 Å². The van der Waals surface area contributed by atoms with Gasteiger partial charge in [0.1, 0.15) is 18.2 Å². The van der Waals surface area contributed by atoms with E-state index < -0.39 is 0 Å². The van der Waals surface area contributed by atoms with Gasteiger partial charge in [-0.15, -0.1) is 0 Å². The number of benzene rings is 3. The van der Waals surface area contributed by atoms with Crippen LogP contribution in [-0.4, -0.2) is 17.4 Å². The van der Waals surface area contributed by atoms with Gasteiger partial charge in [0, 0.05) is 44.3 Å². The van der Waals surface area contributed by atoms with E-state index in [-0.39, 0.29) is 11.5 Å². The maximum absolute atomic E-state index is 13.1. The molecule has 0 bridgehead atoms. The zero-order valence-electron chi connectivity index (χ0n) is 17.4. The second-order valence-corrected chi connectivity index (χ2v) is 9.66. The summed E-state index contributed by atoms with van der Waals surface area (Å²) in [5.41, 5.74) is 3.84. The first-order valence-corrected chi connectivity index (χ1v) is 11.7. The van der Waals surface area contributed by atoms with E-state index in [1.807, 2.05) is 25.1 Å². The van der Waals surface area contributed by atoms with Crippen molar-refractivity contribution < 1.29 is 14.3 Å². The third kappa shape index (κ3) is 4.34. The summed E-state index contributed by atoms with van der Waals surface area (Å²) >= 11 is 24.6. The first-order valence-electron chi connectivity index (χ1n) is 10.1. The number of carbonyl (C=O) groups excluding carboxylic acids is 1. The van der Waals surface area contributed by atoms with E-state index in [4.69, 9.17) is 55.9 Å². The highest BCUT2D eigenvalue weighted by Gasteiger charge is 2.33. The van der Waals surface area contributed by atoms with Crippen molar-refractivity contribution in [1.29, 1.82) is 0 Å². The van der Waals surface area contributed by atoms with Crippen LogP contribution in [0, 0.1) is 6.92 Å². The Morgan fingerprint density at radius 3 is 2.42 bits per heavy atom. The van der Waals surface area contributed by atoms with Gasteiger partial charge in [0.15, 0.2) is 5.76 Å². The van der Waals surface area contributed by atoms with Crippen LogP contribution in [0.25, 0.3) is 6.08 Å². The quantitative estimate of drug-likeness (QED) is 0.333. The Balaban J connectivity index is 1.43. The van der Waals surface area contributed by atoms with Crippen LogP contribution >= 0.6 is 46.4 Å². The molecule has 3 aromatic carbocycles. The number of ketones is 1. The first-order chi connectivity index (χ1) is 15.8. The summed E-state index contributed by atoms with van der Waals surface area (Å²) in [4.78, 5) is 15.2. The summed E-state index contributed by atoms with van der Waals surface area (Å²) in [6.07, 6.45) is 1.63. The normalized spacial score (nSPS) is 16.4. The maximum Gasteiger partial charge on any atom is 0.231 e. The zero-order chi connectivity index (χ0) is 23.3. The number of nitrogens with zero attached hydrogens (tertiary/aromatic N) is 1. The van der Waals surface area contributed by atoms with E-state index >= 15 is 0 Å². The van der Waals surface area contributed by atoms with Crippen molar-refractivity contribution in [2.45, 2.75) is 20.0 Å². The van der Waals surface area contributed by atoms with Crippen LogP contribution in [0.15, 0.2) is 48.2 Å². The number of hydrogen-bond donors (Lipinski definition) is 0. The molecule has 0 amide bonds. The molecule has 3 aromatic rings. The molecule has 33 heavy (non-hydrogen) atoms. The van der Waals surface area contributed by atoms with Crippen molar-refractivity contribution in [3.05, 3.63) is 96.1 Å². The zero-order valence-corrected chi connectivity index (χ0v) is 20.4. The Kier molecular flexibility index (Phi) is 6.06. The van der Waals surface area contributed by atoms with Gasteiger partial charge in [0.05, 0.1) is 5.56 Å². The summed E-state index contributed by atoms with van der Waals surface area (Å²) in [6, 6.07) is 12.4. The van der Waals surface area contributed by atoms with Crippen LogP contribution in [0.2, 0.25) is 20.1 Å². The number of hydrogen-bond acceptors (Lipinski definition) is 4. The van der Waals surface area contributed by atoms with E-state index in [0.717, 1.165) is 22.4 Å². The van der Waals surface area contributed by atoms with Crippen LogP contribution in [0.4, 0.5) is 0 Å². The smallest absolute Gasteiger partial charge is 0.231 e. The van der Waals surface area contributed by atoms with Crippen molar-refractivity contribution >= 4 is 58.3 Å². The third-order valence-electron chi connectivity index (χ3n) is 5.66. The summed E-state index contributed by atoms with van der Waals surface area (Å²) in [7, 11) is 0. The van der Waals surface area contributed by atoms with E-state index in [1.165, 1.54) is 0 Å². The number of carbonyl (C=O) groups is 1. The maximum atomic E-state index is 13.1. The Bertz CT molecular complexity index is 1340. The molecule has 0 fully saturated rings. The predicted molar refractivity (Wildman–Crippen MR) is 132 cm³/mol. The minimum Gasteiger partial charge on any atom is -0.477 e. The fraction of sp³-hybridized carbons (Fsp3) is 0.160. The molecule has 0 aliphatic carbocycles. The Hall–Kier alpha value is -2.21. The second-order valence-electron chi connectivity index (χ2n) is 7.97. The number of fused-ring (bicyclic) bond motifs is 2. The number of allylic oxidation sites excluding steroid dienone is 1. The van der Waals surface area contributed by atoms with Crippen molar-refractivity contribution in [2.24, 2.45) is 0 Å². The molecule has 0 unspecified atom stereocenters. The lowest BCUT2D eigenvalue weighted by atomic mass is 10.00. The minimum absolute atomic E-state index is 0.195. The van der Waals surface area contributed by atoms with E-state index in [0.29, 0.717) is 56.8 Å². The molecule has 2 aliphatic heterocycles. The molecule has 8 heteroatoms. The highest BCUT2D eigenvalue weighted by molar-refractivity contribution is 6.36. The molecule has 0 saturated heterocycles. The fourth-order valence-electron chi connectivity index (χ4n) is 4.05. The van der Waals surface area contributed by atoms with Gasteiger partial charge in [-0.05, 0) is 54.5 Å². The van der Waals surface area contributed by atoms with Crippen LogP contribution in [0.1, 0.15) is 32.6 Å². The lowest BCUT2D eigenvalue weighted by molar-refractivity contribution is 0.0877. The molecular weight excluding hydrogens is 504 g/mol. The summed E-state index contributed by atoms with van der Waals surface area (Å²) < 4.78 is 12.0. The average molecular weight is 521 g/mol. The summed E-state index contributed by atoms with van der Waals surface area (Å²) in [5.74, 6) is 1.28. The van der Waals surface area contributed by atoms with E-state index in [2.05, 4.69) is 4.90 Å². The molecule has 0 N–H and O–H groups in total.